The quantitative estimate of drug-likeness (QED) is 0.0361. The molecule has 0 amide bonds. The zero-order valence-electron chi connectivity index (χ0n) is 34.0. The second kappa shape index (κ2) is 37.2. The molecule has 0 aliphatic rings. The molecule has 0 unspecified atom stereocenters. The molecule has 0 aliphatic carbocycles. The number of hydrogen-bond donors (Lipinski definition) is 0. The third kappa shape index (κ3) is 37.7. The first-order chi connectivity index (χ1) is 24.2. The minimum Gasteiger partial charge on any atom is -0.462 e. The first-order valence-electron chi connectivity index (χ1n) is 21.7. The van der Waals surface area contributed by atoms with Crippen molar-refractivity contribution in [1.82, 2.24) is 0 Å². The highest BCUT2D eigenvalue weighted by atomic mass is 16.6. The van der Waals surface area contributed by atoms with Gasteiger partial charge in [-0.1, -0.05) is 195 Å². The summed E-state index contributed by atoms with van der Waals surface area (Å²) in [7, 11) is 0. The van der Waals surface area contributed by atoms with Crippen LogP contribution in [-0.2, 0) is 28.6 Å². The van der Waals surface area contributed by atoms with Gasteiger partial charge in [0.15, 0.2) is 6.10 Å². The van der Waals surface area contributed by atoms with Crippen molar-refractivity contribution in [2.24, 2.45) is 11.8 Å². The molecule has 0 heterocycles. The van der Waals surface area contributed by atoms with Gasteiger partial charge in [0.25, 0.3) is 0 Å². The first-order valence-corrected chi connectivity index (χ1v) is 21.7. The van der Waals surface area contributed by atoms with E-state index in [9.17, 15) is 14.4 Å². The molecule has 6 heteroatoms. The van der Waals surface area contributed by atoms with E-state index in [0.717, 1.165) is 69.6 Å². The van der Waals surface area contributed by atoms with Crippen molar-refractivity contribution in [3.63, 3.8) is 0 Å². The number of esters is 3. The normalized spacial score (nSPS) is 12.1. The zero-order valence-corrected chi connectivity index (χ0v) is 34.0. The van der Waals surface area contributed by atoms with E-state index >= 15 is 0 Å². The topological polar surface area (TPSA) is 78.9 Å². The third-order valence-corrected chi connectivity index (χ3v) is 9.72. The van der Waals surface area contributed by atoms with E-state index in [0.29, 0.717) is 19.3 Å². The number of carbonyl (C=O) groups is 3. The van der Waals surface area contributed by atoms with Gasteiger partial charge in [-0.05, 0) is 31.1 Å². The molecule has 0 rings (SSSR count). The molecule has 0 fully saturated rings. The maximum Gasteiger partial charge on any atom is 0.306 e. The molecule has 0 saturated heterocycles. The van der Waals surface area contributed by atoms with Gasteiger partial charge < -0.3 is 14.2 Å². The summed E-state index contributed by atoms with van der Waals surface area (Å²) >= 11 is 0. The predicted octanol–water partition coefficient (Wildman–Crippen LogP) is 13.4. The lowest BCUT2D eigenvalue weighted by molar-refractivity contribution is -0.167. The lowest BCUT2D eigenvalue weighted by Crippen LogP contribution is -2.30. The summed E-state index contributed by atoms with van der Waals surface area (Å²) in [4.78, 5) is 37.6. The minimum atomic E-state index is -0.760. The van der Waals surface area contributed by atoms with Crippen molar-refractivity contribution in [3.05, 3.63) is 0 Å². The van der Waals surface area contributed by atoms with Crippen LogP contribution >= 0.6 is 0 Å². The summed E-state index contributed by atoms with van der Waals surface area (Å²) in [6.07, 6.45) is 33.9. The van der Waals surface area contributed by atoms with Gasteiger partial charge in [0, 0.05) is 19.3 Å². The summed E-state index contributed by atoms with van der Waals surface area (Å²) in [5, 5.41) is 0. The predicted molar refractivity (Wildman–Crippen MR) is 210 cm³/mol. The Hall–Kier alpha value is -1.59. The zero-order chi connectivity index (χ0) is 36.9. The van der Waals surface area contributed by atoms with Gasteiger partial charge in [0.1, 0.15) is 13.2 Å². The Morgan fingerprint density at radius 3 is 0.980 bits per heavy atom. The molecular formula is C44H84O6. The number of carbonyl (C=O) groups excluding carboxylic acids is 3. The van der Waals surface area contributed by atoms with Gasteiger partial charge in [0.2, 0.25) is 0 Å². The molecule has 0 aromatic carbocycles. The smallest absolute Gasteiger partial charge is 0.306 e. The molecule has 0 aromatic heterocycles. The van der Waals surface area contributed by atoms with Crippen LogP contribution in [0.2, 0.25) is 0 Å². The number of hydrogen-bond acceptors (Lipinski definition) is 6. The van der Waals surface area contributed by atoms with Gasteiger partial charge in [-0.3, -0.25) is 14.4 Å². The molecule has 0 aliphatic heterocycles. The molecule has 296 valence electrons. The lowest BCUT2D eigenvalue weighted by Gasteiger charge is -2.18. The van der Waals surface area contributed by atoms with Crippen molar-refractivity contribution in [2.75, 3.05) is 13.2 Å². The molecule has 50 heavy (non-hydrogen) atoms. The Morgan fingerprint density at radius 1 is 0.380 bits per heavy atom. The Balaban J connectivity index is 4.33. The van der Waals surface area contributed by atoms with Gasteiger partial charge in [-0.15, -0.1) is 0 Å². The molecule has 0 spiro atoms. The van der Waals surface area contributed by atoms with Gasteiger partial charge >= 0.3 is 17.9 Å². The van der Waals surface area contributed by atoms with Crippen molar-refractivity contribution < 1.29 is 28.6 Å². The van der Waals surface area contributed by atoms with Crippen LogP contribution in [0, 0.1) is 11.8 Å². The SMILES string of the molecule is CCCCCCCCCCCCCC(=O)OC[C@H](COC(=O)CCCCCCCCCCCC(C)C)OC(=O)CCCCCCCCC(C)C. The van der Waals surface area contributed by atoms with Crippen LogP contribution in [0.1, 0.15) is 234 Å². The standard InChI is InChI=1S/C44H84O6/c1-6-7-8-9-10-11-12-15-18-24-29-34-42(45)48-37-41(50-44(47)36-31-26-21-20-23-28-33-40(4)5)38-49-43(46)35-30-25-19-16-13-14-17-22-27-32-39(2)3/h39-41H,6-38H2,1-5H3/t41-/m1/s1. The molecule has 0 N–H and O–H groups in total. The van der Waals surface area contributed by atoms with E-state index in [1.807, 2.05) is 0 Å². The largest absolute Gasteiger partial charge is 0.462 e. The summed E-state index contributed by atoms with van der Waals surface area (Å²) in [5.41, 5.74) is 0. The molecular weight excluding hydrogens is 624 g/mol. The van der Waals surface area contributed by atoms with Crippen LogP contribution in [-0.4, -0.2) is 37.2 Å². The number of ether oxygens (including phenoxy) is 3. The van der Waals surface area contributed by atoms with Crippen LogP contribution < -0.4 is 0 Å². The van der Waals surface area contributed by atoms with E-state index in [1.165, 1.54) is 122 Å². The fourth-order valence-corrected chi connectivity index (χ4v) is 6.40. The van der Waals surface area contributed by atoms with Crippen molar-refractivity contribution in [1.29, 1.82) is 0 Å². The summed E-state index contributed by atoms with van der Waals surface area (Å²) < 4.78 is 16.7. The van der Waals surface area contributed by atoms with E-state index in [-0.39, 0.29) is 31.1 Å². The Bertz CT molecular complexity index is 764. The Kier molecular flexibility index (Phi) is 36.0. The van der Waals surface area contributed by atoms with Crippen molar-refractivity contribution in [3.8, 4) is 0 Å². The highest BCUT2D eigenvalue weighted by molar-refractivity contribution is 5.71. The van der Waals surface area contributed by atoms with Gasteiger partial charge in [-0.25, -0.2) is 0 Å². The number of rotatable bonds is 38. The molecule has 0 radical (unpaired) electrons. The molecule has 6 nitrogen and oxygen atoms in total. The maximum absolute atomic E-state index is 12.6. The monoisotopic (exact) mass is 709 g/mol. The third-order valence-electron chi connectivity index (χ3n) is 9.72. The Labute approximate surface area is 310 Å². The van der Waals surface area contributed by atoms with E-state index < -0.39 is 6.10 Å². The summed E-state index contributed by atoms with van der Waals surface area (Å²) in [6.45, 7) is 11.2. The average molecular weight is 709 g/mol. The first kappa shape index (κ1) is 48.4. The van der Waals surface area contributed by atoms with E-state index in [4.69, 9.17) is 14.2 Å². The molecule has 0 aromatic rings. The highest BCUT2D eigenvalue weighted by Crippen LogP contribution is 2.16. The van der Waals surface area contributed by atoms with E-state index in [1.54, 1.807) is 0 Å². The van der Waals surface area contributed by atoms with Crippen molar-refractivity contribution >= 4 is 17.9 Å². The van der Waals surface area contributed by atoms with Crippen LogP contribution in [0.4, 0.5) is 0 Å². The molecule has 0 saturated carbocycles. The van der Waals surface area contributed by atoms with E-state index in [2.05, 4.69) is 34.6 Å². The van der Waals surface area contributed by atoms with Crippen LogP contribution in [0.25, 0.3) is 0 Å². The highest BCUT2D eigenvalue weighted by Gasteiger charge is 2.19. The van der Waals surface area contributed by atoms with Crippen LogP contribution in [0.15, 0.2) is 0 Å². The summed E-state index contributed by atoms with van der Waals surface area (Å²) in [6, 6.07) is 0. The fourth-order valence-electron chi connectivity index (χ4n) is 6.40. The van der Waals surface area contributed by atoms with Crippen LogP contribution in [0.5, 0.6) is 0 Å². The lowest BCUT2D eigenvalue weighted by atomic mass is 10.0. The average Bonchev–Trinajstić information content (AvgIpc) is 3.08. The second-order valence-corrected chi connectivity index (χ2v) is 15.9. The maximum atomic E-state index is 12.6. The van der Waals surface area contributed by atoms with Crippen LogP contribution in [0.3, 0.4) is 0 Å². The van der Waals surface area contributed by atoms with Gasteiger partial charge in [0.05, 0.1) is 0 Å². The molecule has 1 atom stereocenters. The Morgan fingerprint density at radius 2 is 0.660 bits per heavy atom. The van der Waals surface area contributed by atoms with Gasteiger partial charge in [-0.2, -0.15) is 0 Å². The fraction of sp³-hybridized carbons (Fsp3) is 0.932. The minimum absolute atomic E-state index is 0.0663. The molecule has 0 bridgehead atoms. The second-order valence-electron chi connectivity index (χ2n) is 15.9. The summed E-state index contributed by atoms with van der Waals surface area (Å²) in [5.74, 6) is 0.701. The van der Waals surface area contributed by atoms with Crippen molar-refractivity contribution in [2.45, 2.75) is 240 Å². The number of unbranched alkanes of at least 4 members (excludes halogenated alkanes) is 23.